The van der Waals surface area contributed by atoms with Gasteiger partial charge < -0.3 is 14.7 Å². The zero-order valence-corrected chi connectivity index (χ0v) is 15.4. The van der Waals surface area contributed by atoms with Crippen molar-refractivity contribution in [3.63, 3.8) is 0 Å². The van der Waals surface area contributed by atoms with Gasteiger partial charge in [-0.05, 0) is 55.9 Å². The number of anilines is 2. The van der Waals surface area contributed by atoms with E-state index in [0.29, 0.717) is 5.92 Å². The van der Waals surface area contributed by atoms with Gasteiger partial charge in [-0.3, -0.25) is 9.59 Å². The molecule has 5 heteroatoms. The number of rotatable bonds is 4. The SMILES string of the molecule is CC(=O)N(CC(=O)N1CCCC(C)C1)c1ccc(N2CCCC2)cc1. The Hall–Kier alpha value is -2.04. The first-order valence-electron chi connectivity index (χ1n) is 9.45. The van der Waals surface area contributed by atoms with E-state index < -0.39 is 0 Å². The summed E-state index contributed by atoms with van der Waals surface area (Å²) in [4.78, 5) is 30.6. The van der Waals surface area contributed by atoms with Crippen LogP contribution in [0.1, 0.15) is 39.5 Å². The number of hydrogen-bond donors (Lipinski definition) is 0. The number of carbonyl (C=O) groups excluding carboxylic acids is 2. The van der Waals surface area contributed by atoms with Crippen molar-refractivity contribution in [2.24, 2.45) is 5.92 Å². The number of nitrogens with zero attached hydrogens (tertiary/aromatic N) is 3. The Kier molecular flexibility index (Phi) is 5.61. The van der Waals surface area contributed by atoms with Crippen molar-refractivity contribution in [2.75, 3.05) is 42.5 Å². The lowest BCUT2D eigenvalue weighted by Gasteiger charge is -2.33. The molecule has 2 amide bonds. The van der Waals surface area contributed by atoms with Crippen molar-refractivity contribution >= 4 is 23.2 Å². The predicted octanol–water partition coefficient (Wildman–Crippen LogP) is 2.90. The lowest BCUT2D eigenvalue weighted by atomic mass is 10.0. The molecule has 0 saturated carbocycles. The summed E-state index contributed by atoms with van der Waals surface area (Å²) in [7, 11) is 0. The highest BCUT2D eigenvalue weighted by Crippen LogP contribution is 2.24. The third-order valence-corrected chi connectivity index (χ3v) is 5.32. The van der Waals surface area contributed by atoms with Crippen LogP contribution in [0.4, 0.5) is 11.4 Å². The maximum absolute atomic E-state index is 12.6. The number of carbonyl (C=O) groups is 2. The highest BCUT2D eigenvalue weighted by molar-refractivity contribution is 5.97. The second-order valence-corrected chi connectivity index (χ2v) is 7.40. The van der Waals surface area contributed by atoms with Crippen LogP contribution in [0.3, 0.4) is 0 Å². The molecule has 0 spiro atoms. The van der Waals surface area contributed by atoms with Gasteiger partial charge in [-0.15, -0.1) is 0 Å². The van der Waals surface area contributed by atoms with E-state index >= 15 is 0 Å². The molecule has 0 radical (unpaired) electrons. The molecule has 136 valence electrons. The summed E-state index contributed by atoms with van der Waals surface area (Å²) >= 11 is 0. The van der Waals surface area contributed by atoms with Gasteiger partial charge in [-0.2, -0.15) is 0 Å². The molecule has 0 bridgehead atoms. The Balaban J connectivity index is 1.68. The third kappa shape index (κ3) is 4.33. The van der Waals surface area contributed by atoms with Gasteiger partial charge in [0.05, 0.1) is 0 Å². The number of amides is 2. The minimum atomic E-state index is -0.0904. The van der Waals surface area contributed by atoms with Crippen LogP contribution < -0.4 is 9.80 Å². The average molecular weight is 343 g/mol. The molecule has 3 rings (SSSR count). The first kappa shape index (κ1) is 17.8. The molecule has 0 aliphatic carbocycles. The summed E-state index contributed by atoms with van der Waals surface area (Å²) in [6.45, 7) is 7.65. The number of hydrogen-bond acceptors (Lipinski definition) is 3. The molecule has 2 heterocycles. The van der Waals surface area contributed by atoms with Crippen molar-refractivity contribution in [3.05, 3.63) is 24.3 Å². The van der Waals surface area contributed by atoms with Gasteiger partial charge in [0.15, 0.2) is 0 Å². The Morgan fingerprint density at radius 3 is 2.36 bits per heavy atom. The van der Waals surface area contributed by atoms with Crippen LogP contribution >= 0.6 is 0 Å². The molecule has 5 nitrogen and oxygen atoms in total. The third-order valence-electron chi connectivity index (χ3n) is 5.32. The fourth-order valence-corrected chi connectivity index (χ4v) is 3.85. The smallest absolute Gasteiger partial charge is 0.242 e. The quantitative estimate of drug-likeness (QED) is 0.844. The van der Waals surface area contributed by atoms with Crippen LogP contribution in [-0.4, -0.2) is 49.4 Å². The lowest BCUT2D eigenvalue weighted by molar-refractivity contribution is -0.132. The summed E-state index contributed by atoms with van der Waals surface area (Å²) in [6.07, 6.45) is 4.71. The monoisotopic (exact) mass is 343 g/mol. The van der Waals surface area contributed by atoms with Gasteiger partial charge in [-0.1, -0.05) is 6.92 Å². The fourth-order valence-electron chi connectivity index (χ4n) is 3.85. The van der Waals surface area contributed by atoms with E-state index in [2.05, 4.69) is 24.0 Å². The van der Waals surface area contributed by atoms with Crippen LogP contribution in [0.2, 0.25) is 0 Å². The van der Waals surface area contributed by atoms with Gasteiger partial charge in [0, 0.05) is 44.5 Å². The second kappa shape index (κ2) is 7.89. The van der Waals surface area contributed by atoms with Crippen molar-refractivity contribution in [2.45, 2.75) is 39.5 Å². The summed E-state index contributed by atoms with van der Waals surface area (Å²) in [5, 5.41) is 0. The Morgan fingerprint density at radius 2 is 1.76 bits per heavy atom. The molecule has 1 aromatic rings. The van der Waals surface area contributed by atoms with Gasteiger partial charge in [-0.25, -0.2) is 0 Å². The van der Waals surface area contributed by atoms with E-state index in [1.54, 1.807) is 4.90 Å². The molecule has 25 heavy (non-hydrogen) atoms. The van der Waals surface area contributed by atoms with E-state index in [1.807, 2.05) is 17.0 Å². The highest BCUT2D eigenvalue weighted by Gasteiger charge is 2.24. The molecular formula is C20H29N3O2. The molecule has 2 aliphatic heterocycles. The molecule has 2 aliphatic rings. The standard InChI is InChI=1S/C20H29N3O2/c1-16-6-5-13-22(14-16)20(25)15-23(17(2)24)19-9-7-18(8-10-19)21-11-3-4-12-21/h7-10,16H,3-6,11-15H2,1-2H3. The lowest BCUT2D eigenvalue weighted by Crippen LogP contribution is -2.46. The van der Waals surface area contributed by atoms with Gasteiger partial charge in [0.25, 0.3) is 0 Å². The van der Waals surface area contributed by atoms with E-state index in [4.69, 9.17) is 0 Å². The first-order valence-corrected chi connectivity index (χ1v) is 9.45. The summed E-state index contributed by atoms with van der Waals surface area (Å²) in [5.74, 6) is 0.501. The van der Waals surface area contributed by atoms with Crippen molar-refractivity contribution in [1.82, 2.24) is 4.90 Å². The Bertz CT molecular complexity index is 608. The molecule has 1 aromatic carbocycles. The molecule has 1 unspecified atom stereocenters. The summed E-state index contributed by atoms with van der Waals surface area (Å²) < 4.78 is 0. The highest BCUT2D eigenvalue weighted by atomic mass is 16.2. The molecule has 0 N–H and O–H groups in total. The largest absolute Gasteiger partial charge is 0.372 e. The normalized spacial score (nSPS) is 20.6. The summed E-state index contributed by atoms with van der Waals surface area (Å²) in [5.41, 5.74) is 2.00. The van der Waals surface area contributed by atoms with Crippen molar-refractivity contribution in [1.29, 1.82) is 0 Å². The van der Waals surface area contributed by atoms with E-state index in [0.717, 1.165) is 38.3 Å². The molecule has 1 atom stereocenters. The molecule has 2 saturated heterocycles. The molecule has 0 aromatic heterocycles. The number of likely N-dealkylation sites (tertiary alicyclic amines) is 1. The first-order chi connectivity index (χ1) is 12.0. The van der Waals surface area contributed by atoms with Crippen LogP contribution in [-0.2, 0) is 9.59 Å². The van der Waals surface area contributed by atoms with Crippen molar-refractivity contribution in [3.8, 4) is 0 Å². The predicted molar refractivity (Wildman–Crippen MR) is 101 cm³/mol. The Labute approximate surface area is 150 Å². The van der Waals surface area contributed by atoms with Crippen LogP contribution in [0.25, 0.3) is 0 Å². The maximum Gasteiger partial charge on any atom is 0.242 e. The van der Waals surface area contributed by atoms with E-state index in [-0.39, 0.29) is 18.4 Å². The van der Waals surface area contributed by atoms with Crippen LogP contribution in [0.15, 0.2) is 24.3 Å². The summed E-state index contributed by atoms with van der Waals surface area (Å²) in [6, 6.07) is 8.04. The number of benzene rings is 1. The van der Waals surface area contributed by atoms with Gasteiger partial charge >= 0.3 is 0 Å². The maximum atomic E-state index is 12.6. The number of piperidine rings is 1. The average Bonchev–Trinajstić information content (AvgIpc) is 3.14. The second-order valence-electron chi connectivity index (χ2n) is 7.40. The molecular weight excluding hydrogens is 314 g/mol. The fraction of sp³-hybridized carbons (Fsp3) is 0.600. The molecule has 2 fully saturated rings. The van der Waals surface area contributed by atoms with Gasteiger partial charge in [0.1, 0.15) is 6.54 Å². The van der Waals surface area contributed by atoms with Crippen LogP contribution in [0.5, 0.6) is 0 Å². The van der Waals surface area contributed by atoms with Gasteiger partial charge in [0.2, 0.25) is 11.8 Å². The minimum absolute atomic E-state index is 0.0466. The Morgan fingerprint density at radius 1 is 1.08 bits per heavy atom. The van der Waals surface area contributed by atoms with Crippen LogP contribution in [0, 0.1) is 5.92 Å². The zero-order valence-electron chi connectivity index (χ0n) is 15.4. The van der Waals surface area contributed by atoms with E-state index in [1.165, 1.54) is 31.9 Å². The van der Waals surface area contributed by atoms with E-state index in [9.17, 15) is 9.59 Å². The minimum Gasteiger partial charge on any atom is -0.372 e. The van der Waals surface area contributed by atoms with Crippen molar-refractivity contribution < 1.29 is 9.59 Å². The topological polar surface area (TPSA) is 43.9 Å². The zero-order chi connectivity index (χ0) is 17.8.